The third kappa shape index (κ3) is 6.65. The van der Waals surface area contributed by atoms with E-state index in [1.807, 2.05) is 12.1 Å². The van der Waals surface area contributed by atoms with Crippen molar-refractivity contribution in [3.8, 4) is 28.7 Å². The van der Waals surface area contributed by atoms with E-state index in [0.29, 0.717) is 0 Å². The summed E-state index contributed by atoms with van der Waals surface area (Å²) >= 11 is 0. The fourth-order valence-corrected chi connectivity index (χ4v) is 6.40. The standard InChI is InChI=1S/C37H46N3O/c1-6-10-13-28(9-4)27-40-22-18-29(19-23-40)30-14-16-35-32(24-30)37(20-11-7-2,21-12-8-3)33-25-31(34(26-38)39-5)15-17-36(33)41-35/h14-19,22-25,28,34H,6-13,20-21,27H2,1-4H3/q+1. The van der Waals surface area contributed by atoms with Crippen LogP contribution in [0.3, 0.4) is 0 Å². The Hall–Kier alpha value is -3.63. The molecular weight excluding hydrogens is 502 g/mol. The second kappa shape index (κ2) is 14.3. The summed E-state index contributed by atoms with van der Waals surface area (Å²) in [5.41, 5.74) is 5.33. The topological polar surface area (TPSA) is 41.3 Å². The minimum absolute atomic E-state index is 0.217. The molecule has 214 valence electrons. The van der Waals surface area contributed by atoms with E-state index in [2.05, 4.69) is 92.0 Å². The summed E-state index contributed by atoms with van der Waals surface area (Å²) in [5.74, 6) is 2.51. The van der Waals surface area contributed by atoms with Crippen molar-refractivity contribution in [2.45, 2.75) is 110 Å². The predicted molar refractivity (Wildman–Crippen MR) is 167 cm³/mol. The van der Waals surface area contributed by atoms with Gasteiger partial charge in [-0.1, -0.05) is 72.3 Å². The van der Waals surface area contributed by atoms with Gasteiger partial charge in [-0.2, -0.15) is 5.26 Å². The average molecular weight is 549 g/mol. The fourth-order valence-electron chi connectivity index (χ4n) is 6.40. The molecule has 0 bridgehead atoms. The van der Waals surface area contributed by atoms with Gasteiger partial charge in [0, 0.05) is 40.2 Å². The first-order valence-corrected chi connectivity index (χ1v) is 15.8. The maximum atomic E-state index is 9.64. The second-order valence-corrected chi connectivity index (χ2v) is 11.7. The van der Waals surface area contributed by atoms with Crippen molar-refractivity contribution in [3.63, 3.8) is 0 Å². The van der Waals surface area contributed by atoms with Crippen molar-refractivity contribution in [2.75, 3.05) is 0 Å². The van der Waals surface area contributed by atoms with Gasteiger partial charge in [0.2, 0.25) is 0 Å². The first kappa shape index (κ1) is 30.3. The number of unbranched alkanes of at least 4 members (excludes halogenated alkanes) is 3. The van der Waals surface area contributed by atoms with Crippen LogP contribution in [0.2, 0.25) is 0 Å². The van der Waals surface area contributed by atoms with E-state index in [0.717, 1.165) is 73.6 Å². The number of rotatable bonds is 14. The molecule has 3 aromatic rings. The minimum Gasteiger partial charge on any atom is -0.457 e. The molecule has 0 amide bonds. The lowest BCUT2D eigenvalue weighted by Crippen LogP contribution is -2.36. The minimum atomic E-state index is -0.798. The number of hydrogen-bond donors (Lipinski definition) is 0. The lowest BCUT2D eigenvalue weighted by atomic mass is 9.65. The van der Waals surface area contributed by atoms with Crippen LogP contribution in [0.1, 0.15) is 115 Å². The highest BCUT2D eigenvalue weighted by molar-refractivity contribution is 5.69. The van der Waals surface area contributed by atoms with Gasteiger partial charge in [0.25, 0.3) is 0 Å². The van der Waals surface area contributed by atoms with Crippen LogP contribution in [0.25, 0.3) is 16.0 Å². The number of pyridine rings is 1. The Morgan fingerprint density at radius 3 is 2.07 bits per heavy atom. The second-order valence-electron chi connectivity index (χ2n) is 11.7. The number of aromatic nitrogens is 1. The lowest BCUT2D eigenvalue weighted by Gasteiger charge is -2.41. The number of nitrogens with zero attached hydrogens (tertiary/aromatic N) is 3. The molecule has 1 aliphatic heterocycles. The van der Waals surface area contributed by atoms with Crippen molar-refractivity contribution in [1.29, 1.82) is 5.26 Å². The van der Waals surface area contributed by atoms with Gasteiger partial charge in [0.1, 0.15) is 11.5 Å². The quantitative estimate of drug-likeness (QED) is 0.148. The Morgan fingerprint density at radius 1 is 0.854 bits per heavy atom. The van der Waals surface area contributed by atoms with Crippen molar-refractivity contribution >= 4 is 0 Å². The zero-order valence-corrected chi connectivity index (χ0v) is 25.5. The van der Waals surface area contributed by atoms with Gasteiger partial charge in [0.05, 0.1) is 0 Å². The summed E-state index contributed by atoms with van der Waals surface area (Å²) in [6.07, 6.45) is 16.0. The van der Waals surface area contributed by atoms with E-state index in [4.69, 9.17) is 11.3 Å². The van der Waals surface area contributed by atoms with Crippen molar-refractivity contribution < 1.29 is 9.30 Å². The summed E-state index contributed by atoms with van der Waals surface area (Å²) in [7, 11) is 0. The highest BCUT2D eigenvalue weighted by Gasteiger charge is 2.42. The molecule has 1 aliphatic rings. The molecule has 0 spiro atoms. The first-order valence-electron chi connectivity index (χ1n) is 15.8. The normalized spacial score (nSPS) is 14.6. The molecule has 0 saturated carbocycles. The van der Waals surface area contributed by atoms with Crippen molar-refractivity contribution in [3.05, 3.63) is 89.0 Å². The Kier molecular flexibility index (Phi) is 10.6. The molecule has 0 aliphatic carbocycles. The summed E-state index contributed by atoms with van der Waals surface area (Å²) in [6, 6.07) is 18.5. The Morgan fingerprint density at radius 2 is 1.49 bits per heavy atom. The van der Waals surface area contributed by atoms with Gasteiger partial charge in [-0.25, -0.2) is 11.1 Å². The molecule has 2 aromatic carbocycles. The van der Waals surface area contributed by atoms with E-state index in [1.54, 1.807) is 0 Å². The molecule has 0 radical (unpaired) electrons. The molecule has 2 unspecified atom stereocenters. The van der Waals surface area contributed by atoms with Gasteiger partial charge in [-0.3, -0.25) is 4.85 Å². The van der Waals surface area contributed by atoms with E-state index in [-0.39, 0.29) is 5.41 Å². The van der Waals surface area contributed by atoms with Gasteiger partial charge in [-0.05, 0) is 67.1 Å². The number of fused-ring (bicyclic) bond motifs is 2. The number of hydrogen-bond acceptors (Lipinski definition) is 2. The van der Waals surface area contributed by atoms with Crippen molar-refractivity contribution in [2.24, 2.45) is 5.92 Å². The van der Waals surface area contributed by atoms with Crippen LogP contribution < -0.4 is 9.30 Å². The summed E-state index contributed by atoms with van der Waals surface area (Å²) < 4.78 is 8.86. The van der Waals surface area contributed by atoms with Crippen LogP contribution in [0, 0.1) is 23.8 Å². The van der Waals surface area contributed by atoms with Crippen LogP contribution >= 0.6 is 0 Å². The number of nitriles is 1. The van der Waals surface area contributed by atoms with E-state index in [1.165, 1.54) is 42.4 Å². The van der Waals surface area contributed by atoms with E-state index >= 15 is 0 Å². The lowest BCUT2D eigenvalue weighted by molar-refractivity contribution is -0.703. The Balaban J connectivity index is 1.76. The molecule has 4 rings (SSSR count). The van der Waals surface area contributed by atoms with Crippen LogP contribution in [0.15, 0.2) is 60.9 Å². The third-order valence-corrected chi connectivity index (χ3v) is 8.95. The van der Waals surface area contributed by atoms with Crippen LogP contribution in [0.5, 0.6) is 11.5 Å². The maximum absolute atomic E-state index is 9.64. The zero-order chi connectivity index (χ0) is 29.2. The number of benzene rings is 2. The predicted octanol–water partition coefficient (Wildman–Crippen LogP) is 10.1. The largest absolute Gasteiger partial charge is 0.457 e. The molecule has 0 N–H and O–H groups in total. The third-order valence-electron chi connectivity index (χ3n) is 8.95. The summed E-state index contributed by atoms with van der Waals surface area (Å²) in [5, 5.41) is 9.64. The average Bonchev–Trinajstić information content (AvgIpc) is 3.01. The summed E-state index contributed by atoms with van der Waals surface area (Å²) in [4.78, 5) is 3.59. The van der Waals surface area contributed by atoms with E-state index in [9.17, 15) is 5.26 Å². The molecule has 41 heavy (non-hydrogen) atoms. The van der Waals surface area contributed by atoms with Gasteiger partial charge >= 0.3 is 6.04 Å². The first-order chi connectivity index (χ1) is 20.0. The molecule has 4 nitrogen and oxygen atoms in total. The highest BCUT2D eigenvalue weighted by Crippen LogP contribution is 2.54. The van der Waals surface area contributed by atoms with Crippen LogP contribution in [-0.2, 0) is 12.0 Å². The molecule has 0 saturated heterocycles. The molecule has 2 heterocycles. The molecule has 2 atom stereocenters. The molecular formula is C37H46N3O+. The van der Waals surface area contributed by atoms with Crippen molar-refractivity contribution in [1.82, 2.24) is 0 Å². The monoisotopic (exact) mass is 548 g/mol. The van der Waals surface area contributed by atoms with Gasteiger partial charge in [0.15, 0.2) is 25.0 Å². The van der Waals surface area contributed by atoms with Crippen LogP contribution in [-0.4, -0.2) is 0 Å². The SMILES string of the molecule is [C-]#[N+]C(C#N)c1ccc2c(c1)C(CCCC)(CCCC)c1cc(-c3cc[n+](CC(CC)CCCC)cc3)ccc1O2. The van der Waals surface area contributed by atoms with Gasteiger partial charge in [-0.15, -0.1) is 0 Å². The summed E-state index contributed by atoms with van der Waals surface area (Å²) in [6.45, 7) is 17.7. The smallest absolute Gasteiger partial charge is 0.332 e. The fraction of sp³-hybridized carbons (Fsp3) is 0.486. The Bertz CT molecular complexity index is 1360. The molecule has 1 aromatic heterocycles. The van der Waals surface area contributed by atoms with E-state index < -0.39 is 6.04 Å². The van der Waals surface area contributed by atoms with Crippen LogP contribution in [0.4, 0.5) is 0 Å². The Labute approximate surface area is 247 Å². The maximum Gasteiger partial charge on any atom is 0.332 e. The highest BCUT2D eigenvalue weighted by atomic mass is 16.5. The number of ether oxygens (including phenoxy) is 1. The zero-order valence-electron chi connectivity index (χ0n) is 25.5. The molecule has 0 fully saturated rings. The molecule has 4 heteroatoms. The van der Waals surface area contributed by atoms with Gasteiger partial charge < -0.3 is 4.74 Å².